The minimum atomic E-state index is 0.238. The number of nitrogens with two attached hydrogens (primary N) is 1. The number of nitrogens with zero attached hydrogens (tertiary/aromatic N) is 3. The van der Waals surface area contributed by atoms with Crippen molar-refractivity contribution in [2.45, 2.75) is 25.5 Å². The van der Waals surface area contributed by atoms with Gasteiger partial charge in [-0.05, 0) is 12.8 Å². The van der Waals surface area contributed by atoms with Crippen molar-refractivity contribution in [1.29, 1.82) is 0 Å². The standard InChI is InChI=1S/C12H19N5O2/c1-18-11-4-5-14-10(17-11)8-16-12(13)15-7-9-3-2-6-19-9/h4-5,9H,2-3,6-8H2,1H3,(H3,13,15,16). The van der Waals surface area contributed by atoms with Crippen molar-refractivity contribution in [3.8, 4) is 5.88 Å². The summed E-state index contributed by atoms with van der Waals surface area (Å²) in [6.07, 6.45) is 4.05. The molecule has 1 aliphatic heterocycles. The summed E-state index contributed by atoms with van der Waals surface area (Å²) in [7, 11) is 1.56. The first kappa shape index (κ1) is 13.5. The largest absolute Gasteiger partial charge is 0.481 e. The van der Waals surface area contributed by atoms with E-state index >= 15 is 0 Å². The Balaban J connectivity index is 1.79. The molecule has 1 unspecified atom stereocenters. The number of hydrogen-bond donors (Lipinski definition) is 2. The summed E-state index contributed by atoms with van der Waals surface area (Å²) in [6, 6.07) is 1.69. The van der Waals surface area contributed by atoms with E-state index in [1.807, 2.05) is 0 Å². The van der Waals surface area contributed by atoms with E-state index in [4.69, 9.17) is 15.2 Å². The fourth-order valence-electron chi connectivity index (χ4n) is 1.81. The lowest BCUT2D eigenvalue weighted by atomic mass is 10.2. The van der Waals surface area contributed by atoms with Crippen LogP contribution in [0.2, 0.25) is 0 Å². The van der Waals surface area contributed by atoms with Crippen molar-refractivity contribution in [1.82, 2.24) is 15.3 Å². The second-order valence-electron chi connectivity index (χ2n) is 4.23. The zero-order valence-corrected chi connectivity index (χ0v) is 11.0. The third-order valence-electron chi connectivity index (χ3n) is 2.81. The Morgan fingerprint density at radius 2 is 2.58 bits per heavy atom. The SMILES string of the molecule is COc1ccnc(CN=C(N)NCC2CCCO2)n1. The highest BCUT2D eigenvalue weighted by Gasteiger charge is 2.14. The molecule has 0 bridgehead atoms. The van der Waals surface area contributed by atoms with Crippen LogP contribution in [-0.4, -0.2) is 42.3 Å². The number of aromatic nitrogens is 2. The van der Waals surface area contributed by atoms with Crippen LogP contribution in [0.1, 0.15) is 18.7 Å². The summed E-state index contributed by atoms with van der Waals surface area (Å²) in [5.41, 5.74) is 5.77. The van der Waals surface area contributed by atoms with Crippen LogP contribution in [0, 0.1) is 0 Å². The van der Waals surface area contributed by atoms with Gasteiger partial charge in [-0.2, -0.15) is 4.98 Å². The van der Waals surface area contributed by atoms with Crippen molar-refractivity contribution in [2.24, 2.45) is 10.7 Å². The average Bonchev–Trinajstić information content (AvgIpc) is 2.96. The number of aliphatic imine (C=N–C) groups is 1. The van der Waals surface area contributed by atoms with Crippen LogP contribution in [-0.2, 0) is 11.3 Å². The third kappa shape index (κ3) is 4.36. The second-order valence-corrected chi connectivity index (χ2v) is 4.23. The van der Waals surface area contributed by atoms with Gasteiger partial charge in [0.2, 0.25) is 5.88 Å². The van der Waals surface area contributed by atoms with Gasteiger partial charge in [-0.3, -0.25) is 0 Å². The minimum Gasteiger partial charge on any atom is -0.481 e. The van der Waals surface area contributed by atoms with E-state index in [2.05, 4.69) is 20.3 Å². The molecule has 0 aliphatic carbocycles. The lowest BCUT2D eigenvalue weighted by Crippen LogP contribution is -2.37. The summed E-state index contributed by atoms with van der Waals surface area (Å²) >= 11 is 0. The van der Waals surface area contributed by atoms with Crippen LogP contribution >= 0.6 is 0 Å². The minimum absolute atomic E-state index is 0.238. The fraction of sp³-hybridized carbons (Fsp3) is 0.583. The summed E-state index contributed by atoms with van der Waals surface area (Å²) < 4.78 is 10.5. The van der Waals surface area contributed by atoms with E-state index in [1.54, 1.807) is 19.4 Å². The molecule has 0 amide bonds. The predicted molar refractivity (Wildman–Crippen MR) is 70.9 cm³/mol. The van der Waals surface area contributed by atoms with E-state index in [-0.39, 0.29) is 6.10 Å². The molecule has 0 aromatic carbocycles. The second kappa shape index (κ2) is 6.89. The Morgan fingerprint density at radius 3 is 3.32 bits per heavy atom. The van der Waals surface area contributed by atoms with Crippen LogP contribution in [0.5, 0.6) is 5.88 Å². The zero-order chi connectivity index (χ0) is 13.5. The maximum absolute atomic E-state index is 5.77. The highest BCUT2D eigenvalue weighted by Crippen LogP contribution is 2.10. The van der Waals surface area contributed by atoms with E-state index in [0.717, 1.165) is 19.4 Å². The summed E-state index contributed by atoms with van der Waals surface area (Å²) in [6.45, 7) is 1.84. The number of methoxy groups -OCH3 is 1. The van der Waals surface area contributed by atoms with Crippen LogP contribution in [0.3, 0.4) is 0 Å². The molecule has 104 valence electrons. The van der Waals surface area contributed by atoms with Crippen molar-refractivity contribution < 1.29 is 9.47 Å². The third-order valence-corrected chi connectivity index (χ3v) is 2.81. The molecular weight excluding hydrogens is 246 g/mol. The molecule has 0 saturated carbocycles. The number of hydrogen-bond acceptors (Lipinski definition) is 5. The van der Waals surface area contributed by atoms with Gasteiger partial charge < -0.3 is 20.5 Å². The molecule has 3 N–H and O–H groups in total. The molecule has 0 radical (unpaired) electrons. The van der Waals surface area contributed by atoms with Crippen molar-refractivity contribution in [3.05, 3.63) is 18.1 Å². The molecular formula is C12H19N5O2. The van der Waals surface area contributed by atoms with Gasteiger partial charge in [-0.15, -0.1) is 0 Å². The molecule has 1 atom stereocenters. The van der Waals surface area contributed by atoms with Gasteiger partial charge in [0.05, 0.1) is 13.2 Å². The zero-order valence-electron chi connectivity index (χ0n) is 11.0. The summed E-state index contributed by atoms with van der Waals surface area (Å²) in [5.74, 6) is 1.47. The molecule has 7 heteroatoms. The number of rotatable bonds is 5. The van der Waals surface area contributed by atoms with Gasteiger partial charge in [-0.25, -0.2) is 9.98 Å². The van der Waals surface area contributed by atoms with Crippen molar-refractivity contribution in [3.63, 3.8) is 0 Å². The van der Waals surface area contributed by atoms with Gasteiger partial charge in [-0.1, -0.05) is 0 Å². The molecule has 2 heterocycles. The van der Waals surface area contributed by atoms with Gasteiger partial charge in [0.1, 0.15) is 6.54 Å². The van der Waals surface area contributed by atoms with Gasteiger partial charge in [0, 0.05) is 25.4 Å². The molecule has 7 nitrogen and oxygen atoms in total. The van der Waals surface area contributed by atoms with E-state index in [9.17, 15) is 0 Å². The Bertz CT molecular complexity index is 432. The lowest BCUT2D eigenvalue weighted by molar-refractivity contribution is 0.114. The molecule has 1 aliphatic rings. The van der Waals surface area contributed by atoms with Gasteiger partial charge in [0.25, 0.3) is 0 Å². The number of guanidine groups is 1. The fourth-order valence-corrected chi connectivity index (χ4v) is 1.81. The molecule has 2 rings (SSSR count). The van der Waals surface area contributed by atoms with Crippen LogP contribution < -0.4 is 15.8 Å². The van der Waals surface area contributed by atoms with E-state index in [0.29, 0.717) is 30.8 Å². The first-order chi connectivity index (χ1) is 9.28. The first-order valence-corrected chi connectivity index (χ1v) is 6.29. The highest BCUT2D eigenvalue weighted by molar-refractivity contribution is 5.77. The van der Waals surface area contributed by atoms with Crippen LogP contribution in [0.15, 0.2) is 17.3 Å². The average molecular weight is 265 g/mol. The Labute approximate surface area is 112 Å². The van der Waals surface area contributed by atoms with Crippen molar-refractivity contribution >= 4 is 5.96 Å². The molecule has 1 aromatic rings. The Kier molecular flexibility index (Phi) is 4.91. The maximum atomic E-state index is 5.77. The topological polar surface area (TPSA) is 94.7 Å². The number of ether oxygens (including phenoxy) is 2. The molecule has 1 saturated heterocycles. The number of nitrogens with one attached hydrogen (secondary N) is 1. The molecule has 1 fully saturated rings. The summed E-state index contributed by atoms with van der Waals surface area (Å²) in [4.78, 5) is 12.4. The monoisotopic (exact) mass is 265 g/mol. The molecule has 19 heavy (non-hydrogen) atoms. The first-order valence-electron chi connectivity index (χ1n) is 6.29. The smallest absolute Gasteiger partial charge is 0.216 e. The molecule has 0 spiro atoms. The normalized spacial score (nSPS) is 19.4. The highest BCUT2D eigenvalue weighted by atomic mass is 16.5. The van der Waals surface area contributed by atoms with Gasteiger partial charge >= 0.3 is 0 Å². The Morgan fingerprint density at radius 1 is 1.68 bits per heavy atom. The summed E-state index contributed by atoms with van der Waals surface area (Å²) in [5, 5.41) is 3.04. The quantitative estimate of drug-likeness (QED) is 0.578. The lowest BCUT2D eigenvalue weighted by Gasteiger charge is -2.10. The van der Waals surface area contributed by atoms with Crippen molar-refractivity contribution in [2.75, 3.05) is 20.3 Å². The van der Waals surface area contributed by atoms with E-state index < -0.39 is 0 Å². The van der Waals surface area contributed by atoms with Crippen LogP contribution in [0.4, 0.5) is 0 Å². The van der Waals surface area contributed by atoms with E-state index in [1.165, 1.54) is 0 Å². The maximum Gasteiger partial charge on any atom is 0.216 e. The Hall–Kier alpha value is -1.89. The molecule has 1 aromatic heterocycles. The predicted octanol–water partition coefficient (Wildman–Crippen LogP) is 0.0685. The van der Waals surface area contributed by atoms with Gasteiger partial charge in [0.15, 0.2) is 11.8 Å². The van der Waals surface area contributed by atoms with Crippen LogP contribution in [0.25, 0.3) is 0 Å².